The van der Waals surface area contributed by atoms with Gasteiger partial charge in [-0.05, 0) is 61.4 Å². The molecule has 0 unspecified atom stereocenters. The number of hydrogen-bond acceptors (Lipinski definition) is 4. The lowest BCUT2D eigenvalue weighted by Gasteiger charge is -2.31. The molecule has 7 nitrogen and oxygen atoms in total. The number of nitrogens with zero attached hydrogens (tertiary/aromatic N) is 1. The van der Waals surface area contributed by atoms with Crippen LogP contribution in [-0.4, -0.2) is 44.2 Å². The fraction of sp³-hybridized carbons (Fsp3) is 0.417. The monoisotopic (exact) mass is 455 g/mol. The molecule has 2 aliphatic heterocycles. The van der Waals surface area contributed by atoms with E-state index >= 15 is 0 Å². The van der Waals surface area contributed by atoms with Gasteiger partial charge in [-0.25, -0.2) is 8.42 Å². The molecular formula is C24H29N3O4S. The number of rotatable bonds is 6. The van der Waals surface area contributed by atoms with Crippen LogP contribution in [-0.2, 0) is 32.5 Å². The minimum absolute atomic E-state index is 0.0449. The quantitative estimate of drug-likeness (QED) is 0.700. The van der Waals surface area contributed by atoms with Crippen molar-refractivity contribution in [3.8, 4) is 0 Å². The number of amides is 2. The number of carbonyl (C=O) groups is 2. The third kappa shape index (κ3) is 5.19. The summed E-state index contributed by atoms with van der Waals surface area (Å²) in [6.45, 7) is 1.12. The van der Waals surface area contributed by atoms with Crippen molar-refractivity contribution in [2.75, 3.05) is 25.0 Å². The second kappa shape index (κ2) is 9.83. The highest BCUT2D eigenvalue weighted by Gasteiger charge is 2.33. The number of benzene rings is 2. The predicted octanol–water partition coefficient (Wildman–Crippen LogP) is 2.72. The molecule has 1 fully saturated rings. The first kappa shape index (κ1) is 22.5. The van der Waals surface area contributed by atoms with E-state index in [1.54, 1.807) is 18.2 Å². The van der Waals surface area contributed by atoms with Gasteiger partial charge in [0.1, 0.15) is 0 Å². The fourth-order valence-corrected chi connectivity index (χ4v) is 5.93. The largest absolute Gasteiger partial charge is 0.355 e. The molecule has 2 N–H and O–H groups in total. The summed E-state index contributed by atoms with van der Waals surface area (Å²) in [5, 5.41) is 5.80. The molecule has 32 heavy (non-hydrogen) atoms. The van der Waals surface area contributed by atoms with Gasteiger partial charge in [0.25, 0.3) is 0 Å². The lowest BCUT2D eigenvalue weighted by molar-refractivity contribution is -0.126. The fourth-order valence-electron chi connectivity index (χ4n) is 4.35. The van der Waals surface area contributed by atoms with Crippen LogP contribution in [0, 0.1) is 5.92 Å². The van der Waals surface area contributed by atoms with Crippen LogP contribution >= 0.6 is 0 Å². The van der Waals surface area contributed by atoms with Crippen molar-refractivity contribution in [3.05, 3.63) is 59.7 Å². The summed E-state index contributed by atoms with van der Waals surface area (Å²) >= 11 is 0. The van der Waals surface area contributed by atoms with Crippen LogP contribution in [0.4, 0.5) is 5.69 Å². The van der Waals surface area contributed by atoms with Gasteiger partial charge in [-0.2, -0.15) is 4.31 Å². The molecule has 2 aromatic rings. The summed E-state index contributed by atoms with van der Waals surface area (Å²) in [7, 11) is -3.71. The van der Waals surface area contributed by atoms with Crippen molar-refractivity contribution >= 4 is 27.5 Å². The Labute approximate surface area is 189 Å². The lowest BCUT2D eigenvalue weighted by atomic mass is 9.99. The van der Waals surface area contributed by atoms with E-state index in [0.717, 1.165) is 17.5 Å². The van der Waals surface area contributed by atoms with Crippen LogP contribution in [0.25, 0.3) is 0 Å². The first-order valence-electron chi connectivity index (χ1n) is 11.2. The normalized spacial score (nSPS) is 19.5. The highest BCUT2D eigenvalue weighted by atomic mass is 32.2. The van der Waals surface area contributed by atoms with Crippen molar-refractivity contribution in [2.45, 2.75) is 43.4 Å². The second-order valence-electron chi connectivity index (χ2n) is 8.45. The molecule has 0 aromatic heterocycles. The van der Waals surface area contributed by atoms with Crippen LogP contribution in [0.15, 0.2) is 53.4 Å². The third-order valence-corrected chi connectivity index (χ3v) is 8.01. The van der Waals surface area contributed by atoms with E-state index in [0.29, 0.717) is 50.9 Å². The molecule has 2 aliphatic rings. The molecular weight excluding hydrogens is 426 g/mol. The van der Waals surface area contributed by atoms with Gasteiger partial charge in [-0.3, -0.25) is 9.59 Å². The molecule has 2 aromatic carbocycles. The van der Waals surface area contributed by atoms with Crippen LogP contribution in [0.3, 0.4) is 0 Å². The maximum absolute atomic E-state index is 13.3. The maximum Gasteiger partial charge on any atom is 0.243 e. The molecule has 0 radical (unpaired) electrons. The van der Waals surface area contributed by atoms with Gasteiger partial charge in [0.05, 0.1) is 10.8 Å². The van der Waals surface area contributed by atoms with Crippen molar-refractivity contribution in [1.29, 1.82) is 0 Å². The summed E-state index contributed by atoms with van der Waals surface area (Å²) in [4.78, 5) is 24.7. The van der Waals surface area contributed by atoms with Crippen molar-refractivity contribution < 1.29 is 18.0 Å². The van der Waals surface area contributed by atoms with Gasteiger partial charge >= 0.3 is 0 Å². The zero-order valence-corrected chi connectivity index (χ0v) is 18.9. The van der Waals surface area contributed by atoms with Gasteiger partial charge < -0.3 is 10.6 Å². The number of piperidine rings is 1. The van der Waals surface area contributed by atoms with Crippen LogP contribution < -0.4 is 10.6 Å². The zero-order chi connectivity index (χ0) is 22.6. The van der Waals surface area contributed by atoms with Gasteiger partial charge in [-0.1, -0.05) is 30.3 Å². The first-order chi connectivity index (χ1) is 15.4. The molecule has 0 saturated carbocycles. The molecule has 2 amide bonds. The summed E-state index contributed by atoms with van der Waals surface area (Å²) < 4.78 is 28.0. The first-order valence-corrected chi connectivity index (χ1v) is 12.6. The average Bonchev–Trinajstić information content (AvgIpc) is 2.99. The minimum atomic E-state index is -3.71. The maximum atomic E-state index is 13.3. The zero-order valence-electron chi connectivity index (χ0n) is 18.0. The van der Waals surface area contributed by atoms with E-state index in [9.17, 15) is 18.0 Å². The van der Waals surface area contributed by atoms with Crippen molar-refractivity contribution in [2.24, 2.45) is 5.92 Å². The second-order valence-corrected chi connectivity index (χ2v) is 10.4. The molecule has 1 atom stereocenters. The number of aryl methyl sites for hydroxylation is 1. The smallest absolute Gasteiger partial charge is 0.243 e. The Morgan fingerprint density at radius 3 is 2.72 bits per heavy atom. The number of fused-ring (bicyclic) bond motifs is 1. The Balaban J connectivity index is 1.40. The highest BCUT2D eigenvalue weighted by Crippen LogP contribution is 2.29. The summed E-state index contributed by atoms with van der Waals surface area (Å²) in [5.41, 5.74) is 2.67. The Bertz CT molecular complexity index is 1090. The Morgan fingerprint density at radius 1 is 1.09 bits per heavy atom. The summed E-state index contributed by atoms with van der Waals surface area (Å²) in [6.07, 6.45) is 3.86. The molecule has 0 bridgehead atoms. The molecule has 8 heteroatoms. The van der Waals surface area contributed by atoms with Crippen molar-refractivity contribution in [3.63, 3.8) is 0 Å². The molecule has 2 heterocycles. The third-order valence-electron chi connectivity index (χ3n) is 6.15. The van der Waals surface area contributed by atoms with E-state index in [1.807, 2.05) is 30.3 Å². The average molecular weight is 456 g/mol. The van der Waals surface area contributed by atoms with Crippen LogP contribution in [0.5, 0.6) is 0 Å². The topological polar surface area (TPSA) is 95.6 Å². The number of anilines is 1. The number of nitrogens with one attached hydrogen (secondary N) is 2. The van der Waals surface area contributed by atoms with Gasteiger partial charge in [-0.15, -0.1) is 0 Å². The van der Waals surface area contributed by atoms with E-state index in [1.165, 1.54) is 4.31 Å². The van der Waals surface area contributed by atoms with Gasteiger partial charge in [0, 0.05) is 31.7 Å². The van der Waals surface area contributed by atoms with Crippen LogP contribution in [0.1, 0.15) is 36.8 Å². The Hall–Kier alpha value is -2.71. The molecule has 0 aliphatic carbocycles. The lowest BCUT2D eigenvalue weighted by Crippen LogP contribution is -2.45. The molecule has 1 saturated heterocycles. The number of hydrogen-bond donors (Lipinski definition) is 2. The number of carbonyl (C=O) groups excluding carboxylic acids is 2. The van der Waals surface area contributed by atoms with Crippen LogP contribution in [0.2, 0.25) is 0 Å². The van der Waals surface area contributed by atoms with Crippen molar-refractivity contribution in [1.82, 2.24) is 9.62 Å². The number of sulfonamides is 1. The van der Waals surface area contributed by atoms with E-state index in [2.05, 4.69) is 10.6 Å². The molecule has 4 rings (SSSR count). The minimum Gasteiger partial charge on any atom is -0.355 e. The molecule has 0 spiro atoms. The SMILES string of the molecule is O=C1CCCc2cc(S(=O)(=O)N3CCC[C@H](C(=O)NCCc4ccccc4)C3)ccc2N1. The Kier molecular flexibility index (Phi) is 6.91. The van der Waals surface area contributed by atoms with E-state index in [-0.39, 0.29) is 29.2 Å². The van der Waals surface area contributed by atoms with Gasteiger partial charge in [0.2, 0.25) is 21.8 Å². The van der Waals surface area contributed by atoms with Gasteiger partial charge in [0.15, 0.2) is 0 Å². The van der Waals surface area contributed by atoms with E-state index in [4.69, 9.17) is 0 Å². The standard InChI is InChI=1S/C24H29N3O4S/c28-23-10-4-8-19-16-21(11-12-22(19)26-23)32(30,31)27-15-5-9-20(17-27)24(29)25-14-13-18-6-2-1-3-7-18/h1-3,6-7,11-12,16,20H,4-5,8-10,13-15,17H2,(H,25,29)(H,26,28)/t20-/m0/s1. The van der Waals surface area contributed by atoms with E-state index < -0.39 is 10.0 Å². The highest BCUT2D eigenvalue weighted by molar-refractivity contribution is 7.89. The summed E-state index contributed by atoms with van der Waals surface area (Å²) in [6, 6.07) is 14.8. The summed E-state index contributed by atoms with van der Waals surface area (Å²) in [5.74, 6) is -0.489. The Morgan fingerprint density at radius 2 is 1.91 bits per heavy atom. The predicted molar refractivity (Wildman–Crippen MR) is 123 cm³/mol. The molecule has 170 valence electrons.